The molecule has 3 atom stereocenters. The minimum atomic E-state index is -0.612. The second-order valence-corrected chi connectivity index (χ2v) is 6.15. The molecule has 0 aromatic heterocycles. The third-order valence-corrected chi connectivity index (χ3v) is 5.25. The van der Waals surface area contributed by atoms with Gasteiger partial charge in [0.2, 0.25) is 0 Å². The molecule has 0 aromatic rings. The standard InChI is InChI=1S/C13H22N2O2/c1-2-13-8-14-3-4-15(9-13)7-10(6-14)11(13)5-12(16)17/h10-11H,2-9H2,1H3,(H,16,17). The summed E-state index contributed by atoms with van der Waals surface area (Å²) in [5, 5.41) is 9.15. The third kappa shape index (κ3) is 1.78. The summed E-state index contributed by atoms with van der Waals surface area (Å²) >= 11 is 0. The zero-order valence-corrected chi connectivity index (χ0v) is 10.6. The Bertz CT molecular complexity index is 315. The van der Waals surface area contributed by atoms with E-state index in [1.165, 1.54) is 13.1 Å². The summed E-state index contributed by atoms with van der Waals surface area (Å²) in [6.45, 7) is 9.08. The first-order valence-corrected chi connectivity index (χ1v) is 6.79. The molecule has 4 bridgehead atoms. The van der Waals surface area contributed by atoms with Crippen LogP contribution >= 0.6 is 0 Å². The molecule has 96 valence electrons. The average molecular weight is 238 g/mol. The second-order valence-electron chi connectivity index (χ2n) is 6.15. The SMILES string of the molecule is CCC12CN3CCN(CC(C3)C1CC(=O)O)C2. The number of piperidine rings is 2. The molecule has 0 amide bonds. The van der Waals surface area contributed by atoms with Gasteiger partial charge in [-0.2, -0.15) is 0 Å². The molecule has 3 unspecified atom stereocenters. The fourth-order valence-electron chi connectivity index (χ4n) is 4.46. The Morgan fingerprint density at radius 3 is 2.35 bits per heavy atom. The molecule has 4 aliphatic rings. The van der Waals surface area contributed by atoms with E-state index in [4.69, 9.17) is 5.11 Å². The smallest absolute Gasteiger partial charge is 0.303 e. The molecular weight excluding hydrogens is 216 g/mol. The number of hydrogen-bond acceptors (Lipinski definition) is 3. The zero-order valence-electron chi connectivity index (χ0n) is 10.6. The van der Waals surface area contributed by atoms with Gasteiger partial charge in [0.15, 0.2) is 0 Å². The zero-order chi connectivity index (χ0) is 12.0. The lowest BCUT2D eigenvalue weighted by atomic mass is 9.61. The Labute approximate surface area is 103 Å². The molecule has 0 aliphatic carbocycles. The number of nitrogens with zero attached hydrogens (tertiary/aromatic N) is 2. The molecule has 17 heavy (non-hydrogen) atoms. The first-order chi connectivity index (χ1) is 8.13. The number of fused-ring (bicyclic) bond motifs is 1. The molecule has 0 saturated carbocycles. The number of rotatable bonds is 3. The highest BCUT2D eigenvalue weighted by Crippen LogP contribution is 2.48. The summed E-state index contributed by atoms with van der Waals surface area (Å²) in [6.07, 6.45) is 1.49. The van der Waals surface area contributed by atoms with E-state index in [0.717, 1.165) is 32.6 Å². The van der Waals surface area contributed by atoms with Crippen LogP contribution in [0, 0.1) is 17.3 Å². The Kier molecular flexibility index (Phi) is 2.67. The monoisotopic (exact) mass is 238 g/mol. The van der Waals surface area contributed by atoms with Gasteiger partial charge in [0.05, 0.1) is 0 Å². The van der Waals surface area contributed by atoms with Crippen molar-refractivity contribution in [3.8, 4) is 0 Å². The molecule has 4 fully saturated rings. The molecule has 0 aromatic carbocycles. The van der Waals surface area contributed by atoms with E-state index in [0.29, 0.717) is 18.3 Å². The number of aliphatic carboxylic acids is 1. The van der Waals surface area contributed by atoms with E-state index in [9.17, 15) is 4.79 Å². The van der Waals surface area contributed by atoms with Crippen LogP contribution in [-0.2, 0) is 4.79 Å². The molecule has 4 nitrogen and oxygen atoms in total. The van der Waals surface area contributed by atoms with Crippen molar-refractivity contribution in [3.63, 3.8) is 0 Å². The van der Waals surface area contributed by atoms with Crippen molar-refractivity contribution >= 4 is 5.97 Å². The fourth-order valence-corrected chi connectivity index (χ4v) is 4.46. The topological polar surface area (TPSA) is 43.8 Å². The lowest BCUT2D eigenvalue weighted by molar-refractivity contribution is -0.144. The van der Waals surface area contributed by atoms with E-state index in [1.54, 1.807) is 0 Å². The Balaban J connectivity index is 1.92. The number of carboxylic acid groups (broad SMARTS) is 1. The largest absolute Gasteiger partial charge is 0.481 e. The van der Waals surface area contributed by atoms with Crippen molar-refractivity contribution in [2.45, 2.75) is 19.8 Å². The van der Waals surface area contributed by atoms with Gasteiger partial charge in [0.1, 0.15) is 0 Å². The predicted octanol–water partition coefficient (Wildman–Crippen LogP) is 0.735. The van der Waals surface area contributed by atoms with Crippen molar-refractivity contribution in [2.75, 3.05) is 39.3 Å². The normalized spacial score (nSPS) is 48.1. The molecular formula is C13H22N2O2. The molecule has 0 radical (unpaired) electrons. The lowest BCUT2D eigenvalue weighted by Gasteiger charge is -2.55. The fraction of sp³-hybridized carbons (Fsp3) is 0.923. The van der Waals surface area contributed by atoms with Crippen LogP contribution in [0.5, 0.6) is 0 Å². The van der Waals surface area contributed by atoms with E-state index in [2.05, 4.69) is 16.7 Å². The van der Waals surface area contributed by atoms with Crippen LogP contribution in [0.3, 0.4) is 0 Å². The molecule has 4 heteroatoms. The van der Waals surface area contributed by atoms with Crippen LogP contribution in [-0.4, -0.2) is 60.1 Å². The average Bonchev–Trinajstić information content (AvgIpc) is 2.51. The van der Waals surface area contributed by atoms with Gasteiger partial charge >= 0.3 is 5.97 Å². The van der Waals surface area contributed by atoms with Gasteiger partial charge in [-0.25, -0.2) is 0 Å². The predicted molar refractivity (Wildman–Crippen MR) is 64.8 cm³/mol. The van der Waals surface area contributed by atoms with Crippen molar-refractivity contribution < 1.29 is 9.90 Å². The van der Waals surface area contributed by atoms with Crippen LogP contribution in [0.15, 0.2) is 0 Å². The maximum absolute atomic E-state index is 11.1. The summed E-state index contributed by atoms with van der Waals surface area (Å²) in [5.74, 6) is 0.366. The quantitative estimate of drug-likeness (QED) is 0.787. The van der Waals surface area contributed by atoms with Crippen molar-refractivity contribution in [1.82, 2.24) is 9.80 Å². The first-order valence-electron chi connectivity index (χ1n) is 6.79. The van der Waals surface area contributed by atoms with Crippen LogP contribution in [0.2, 0.25) is 0 Å². The van der Waals surface area contributed by atoms with Gasteiger partial charge in [-0.1, -0.05) is 6.92 Å². The van der Waals surface area contributed by atoms with E-state index >= 15 is 0 Å². The Morgan fingerprint density at radius 1 is 1.29 bits per heavy atom. The van der Waals surface area contributed by atoms with E-state index < -0.39 is 5.97 Å². The summed E-state index contributed by atoms with van der Waals surface area (Å²) < 4.78 is 0. The van der Waals surface area contributed by atoms with Crippen molar-refractivity contribution in [2.24, 2.45) is 17.3 Å². The molecule has 1 N–H and O–H groups in total. The lowest BCUT2D eigenvalue weighted by Crippen LogP contribution is -2.60. The maximum atomic E-state index is 11.1. The van der Waals surface area contributed by atoms with Crippen molar-refractivity contribution in [3.05, 3.63) is 0 Å². The number of carboxylic acids is 1. The highest BCUT2D eigenvalue weighted by molar-refractivity contribution is 5.67. The molecule has 4 heterocycles. The Hall–Kier alpha value is -0.610. The summed E-state index contributed by atoms with van der Waals surface area (Å²) in [5.41, 5.74) is 0.246. The highest BCUT2D eigenvalue weighted by Gasteiger charge is 2.53. The van der Waals surface area contributed by atoms with Gasteiger partial charge in [0, 0.05) is 45.7 Å². The summed E-state index contributed by atoms with van der Waals surface area (Å²) in [4.78, 5) is 16.2. The van der Waals surface area contributed by atoms with Gasteiger partial charge in [-0.15, -0.1) is 0 Å². The third-order valence-electron chi connectivity index (χ3n) is 5.25. The van der Waals surface area contributed by atoms with Crippen LogP contribution in [0.1, 0.15) is 19.8 Å². The summed E-state index contributed by atoms with van der Waals surface area (Å²) in [7, 11) is 0. The molecule has 4 rings (SSSR count). The van der Waals surface area contributed by atoms with Gasteiger partial charge in [0.25, 0.3) is 0 Å². The van der Waals surface area contributed by atoms with Gasteiger partial charge in [-0.05, 0) is 23.7 Å². The molecule has 4 saturated heterocycles. The second kappa shape index (κ2) is 3.95. The minimum absolute atomic E-state index is 0.246. The Morgan fingerprint density at radius 2 is 1.88 bits per heavy atom. The van der Waals surface area contributed by atoms with Gasteiger partial charge < -0.3 is 14.9 Å². The van der Waals surface area contributed by atoms with Crippen LogP contribution in [0.4, 0.5) is 0 Å². The van der Waals surface area contributed by atoms with E-state index in [-0.39, 0.29) is 5.41 Å². The van der Waals surface area contributed by atoms with Crippen LogP contribution in [0.25, 0.3) is 0 Å². The van der Waals surface area contributed by atoms with E-state index in [1.807, 2.05) is 0 Å². The van der Waals surface area contributed by atoms with Crippen molar-refractivity contribution in [1.29, 1.82) is 0 Å². The highest BCUT2D eigenvalue weighted by atomic mass is 16.4. The first kappa shape index (κ1) is 11.5. The number of carbonyl (C=O) groups is 1. The van der Waals surface area contributed by atoms with Crippen LogP contribution < -0.4 is 0 Å². The van der Waals surface area contributed by atoms with Gasteiger partial charge in [-0.3, -0.25) is 4.79 Å². The minimum Gasteiger partial charge on any atom is -0.481 e. The molecule has 4 aliphatic heterocycles. The summed E-state index contributed by atoms with van der Waals surface area (Å²) in [6, 6.07) is 0. The maximum Gasteiger partial charge on any atom is 0.303 e. The molecule has 0 spiro atoms. The number of hydrogen-bond donors (Lipinski definition) is 1.